The quantitative estimate of drug-likeness (QED) is 0.859. The van der Waals surface area contributed by atoms with Gasteiger partial charge in [0.15, 0.2) is 5.69 Å². The summed E-state index contributed by atoms with van der Waals surface area (Å²) >= 11 is 0. The summed E-state index contributed by atoms with van der Waals surface area (Å²) in [6, 6.07) is 7.12. The van der Waals surface area contributed by atoms with E-state index in [9.17, 15) is 14.7 Å². The summed E-state index contributed by atoms with van der Waals surface area (Å²) < 4.78 is 0. The summed E-state index contributed by atoms with van der Waals surface area (Å²) in [5, 5.41) is 20.5. The molecular formula is C14H16N4O3. The molecular weight excluding hydrogens is 272 g/mol. The Morgan fingerprint density at radius 2 is 1.95 bits per heavy atom. The minimum Gasteiger partial charge on any atom is -0.476 e. The van der Waals surface area contributed by atoms with Crippen molar-refractivity contribution < 1.29 is 14.7 Å². The number of carboxylic acids is 1. The van der Waals surface area contributed by atoms with E-state index in [0.717, 1.165) is 0 Å². The van der Waals surface area contributed by atoms with Crippen molar-refractivity contribution in [3.63, 3.8) is 0 Å². The molecule has 7 nitrogen and oxygen atoms in total. The number of benzene rings is 1. The highest BCUT2D eigenvalue weighted by Crippen LogP contribution is 2.24. The van der Waals surface area contributed by atoms with Crippen LogP contribution in [-0.2, 0) is 4.79 Å². The van der Waals surface area contributed by atoms with Gasteiger partial charge in [-0.2, -0.15) is 0 Å². The number of carboxylic acid groups (broad SMARTS) is 1. The molecule has 1 heterocycles. The topological polar surface area (TPSA) is 95.4 Å². The lowest BCUT2D eigenvalue weighted by Gasteiger charge is -2.13. The Bertz CT molecular complexity index is 685. The highest BCUT2D eigenvalue weighted by Gasteiger charge is 2.16. The predicted molar refractivity (Wildman–Crippen MR) is 78.3 cm³/mol. The molecule has 2 rings (SSSR count). The molecule has 0 atom stereocenters. The monoisotopic (exact) mass is 288 g/mol. The van der Waals surface area contributed by atoms with Gasteiger partial charge in [0, 0.05) is 32.4 Å². The van der Waals surface area contributed by atoms with Crippen molar-refractivity contribution in [3.8, 4) is 0 Å². The van der Waals surface area contributed by atoms with Crippen LogP contribution in [0.4, 0.5) is 5.69 Å². The summed E-state index contributed by atoms with van der Waals surface area (Å²) in [7, 11) is 3.35. The van der Waals surface area contributed by atoms with Crippen molar-refractivity contribution in [1.29, 1.82) is 0 Å². The standard InChI is InChI=1S/C14H16N4O3/c1-18(2)11(19)7-8-15-12-9-5-3-4-6-10(9)16-17-13(12)14(20)21/h3-6H,7-8H2,1-2H3,(H,15,16)(H,20,21). The fourth-order valence-electron chi connectivity index (χ4n) is 1.90. The van der Waals surface area contributed by atoms with Gasteiger partial charge in [0.05, 0.1) is 11.2 Å². The van der Waals surface area contributed by atoms with E-state index >= 15 is 0 Å². The molecule has 0 unspecified atom stereocenters. The number of hydrogen-bond acceptors (Lipinski definition) is 5. The number of aromatic nitrogens is 2. The van der Waals surface area contributed by atoms with Gasteiger partial charge in [-0.3, -0.25) is 4.79 Å². The van der Waals surface area contributed by atoms with Crippen LogP contribution in [0.25, 0.3) is 10.9 Å². The number of nitrogens with zero attached hydrogens (tertiary/aromatic N) is 3. The van der Waals surface area contributed by atoms with E-state index < -0.39 is 5.97 Å². The lowest BCUT2D eigenvalue weighted by molar-refractivity contribution is -0.128. The minimum absolute atomic E-state index is 0.0364. The molecule has 110 valence electrons. The fourth-order valence-corrected chi connectivity index (χ4v) is 1.90. The van der Waals surface area contributed by atoms with E-state index in [2.05, 4.69) is 15.5 Å². The van der Waals surface area contributed by atoms with Gasteiger partial charge in [-0.25, -0.2) is 4.79 Å². The Balaban J connectivity index is 2.29. The molecule has 0 saturated carbocycles. The highest BCUT2D eigenvalue weighted by molar-refractivity contribution is 6.02. The zero-order valence-corrected chi connectivity index (χ0v) is 11.8. The maximum atomic E-state index is 11.6. The second-order valence-corrected chi connectivity index (χ2v) is 4.71. The molecule has 0 aliphatic heterocycles. The summed E-state index contributed by atoms with van der Waals surface area (Å²) in [5.41, 5.74) is 0.842. The van der Waals surface area contributed by atoms with Crippen LogP contribution in [0.2, 0.25) is 0 Å². The van der Waals surface area contributed by atoms with Gasteiger partial charge >= 0.3 is 5.97 Å². The zero-order chi connectivity index (χ0) is 15.4. The smallest absolute Gasteiger partial charge is 0.358 e. The van der Waals surface area contributed by atoms with E-state index in [1.54, 1.807) is 38.4 Å². The average Bonchev–Trinajstić information content (AvgIpc) is 2.46. The zero-order valence-electron chi connectivity index (χ0n) is 11.8. The van der Waals surface area contributed by atoms with Gasteiger partial charge in [0.2, 0.25) is 5.91 Å². The van der Waals surface area contributed by atoms with E-state index in [1.165, 1.54) is 4.90 Å². The third-order valence-corrected chi connectivity index (χ3v) is 3.01. The molecule has 0 spiro atoms. The molecule has 21 heavy (non-hydrogen) atoms. The Morgan fingerprint density at radius 3 is 2.62 bits per heavy atom. The molecule has 0 radical (unpaired) electrons. The number of anilines is 1. The number of rotatable bonds is 5. The second kappa shape index (κ2) is 6.17. The largest absolute Gasteiger partial charge is 0.476 e. The average molecular weight is 288 g/mol. The van der Waals surface area contributed by atoms with Gasteiger partial charge in [0.1, 0.15) is 0 Å². The van der Waals surface area contributed by atoms with Crippen molar-refractivity contribution in [3.05, 3.63) is 30.0 Å². The molecule has 0 saturated heterocycles. The summed E-state index contributed by atoms with van der Waals surface area (Å²) in [6.07, 6.45) is 0.267. The normalized spacial score (nSPS) is 10.4. The van der Waals surface area contributed by atoms with Crippen LogP contribution in [0.1, 0.15) is 16.9 Å². The highest BCUT2D eigenvalue weighted by atomic mass is 16.4. The van der Waals surface area contributed by atoms with Crippen LogP contribution in [0.15, 0.2) is 24.3 Å². The number of aromatic carboxylic acids is 1. The molecule has 0 fully saturated rings. The van der Waals surface area contributed by atoms with Gasteiger partial charge in [-0.1, -0.05) is 18.2 Å². The van der Waals surface area contributed by atoms with Crippen LogP contribution >= 0.6 is 0 Å². The first-order valence-electron chi connectivity index (χ1n) is 6.43. The van der Waals surface area contributed by atoms with Crippen LogP contribution < -0.4 is 5.32 Å². The third-order valence-electron chi connectivity index (χ3n) is 3.01. The molecule has 1 aromatic carbocycles. The summed E-state index contributed by atoms with van der Waals surface area (Å²) in [6.45, 7) is 0.326. The molecule has 2 aromatic rings. The van der Waals surface area contributed by atoms with Gasteiger partial charge in [0.25, 0.3) is 0 Å². The number of carbonyl (C=O) groups is 2. The molecule has 1 aromatic heterocycles. The first kappa shape index (κ1) is 14.7. The number of hydrogen-bond donors (Lipinski definition) is 2. The number of carbonyl (C=O) groups excluding carboxylic acids is 1. The Labute approximate surface area is 121 Å². The van der Waals surface area contributed by atoms with Crippen molar-refractivity contribution in [2.45, 2.75) is 6.42 Å². The molecule has 1 amide bonds. The van der Waals surface area contributed by atoms with Gasteiger partial charge in [-0.05, 0) is 6.07 Å². The third kappa shape index (κ3) is 3.25. The van der Waals surface area contributed by atoms with E-state index in [-0.39, 0.29) is 18.0 Å². The van der Waals surface area contributed by atoms with Crippen LogP contribution in [0.3, 0.4) is 0 Å². The molecule has 0 aliphatic rings. The number of amides is 1. The van der Waals surface area contributed by atoms with Crippen molar-refractivity contribution in [2.24, 2.45) is 0 Å². The predicted octanol–water partition coefficient (Wildman–Crippen LogP) is 1.22. The van der Waals surface area contributed by atoms with Crippen LogP contribution in [0.5, 0.6) is 0 Å². The SMILES string of the molecule is CN(C)C(=O)CCNc1c(C(=O)O)nnc2ccccc12. The lowest BCUT2D eigenvalue weighted by Crippen LogP contribution is -2.24. The first-order valence-corrected chi connectivity index (χ1v) is 6.43. The summed E-state index contributed by atoms with van der Waals surface area (Å²) in [4.78, 5) is 24.3. The Hall–Kier alpha value is -2.70. The van der Waals surface area contributed by atoms with E-state index in [1.807, 2.05) is 0 Å². The van der Waals surface area contributed by atoms with E-state index in [0.29, 0.717) is 23.1 Å². The van der Waals surface area contributed by atoms with Crippen LogP contribution in [-0.4, -0.2) is 52.7 Å². The Kier molecular flexibility index (Phi) is 4.32. The Morgan fingerprint density at radius 1 is 1.24 bits per heavy atom. The first-order chi connectivity index (χ1) is 10.0. The van der Waals surface area contributed by atoms with Gasteiger partial charge < -0.3 is 15.3 Å². The van der Waals surface area contributed by atoms with Crippen molar-refractivity contribution in [1.82, 2.24) is 15.1 Å². The maximum Gasteiger partial charge on any atom is 0.358 e. The molecule has 2 N–H and O–H groups in total. The molecule has 7 heteroatoms. The van der Waals surface area contributed by atoms with E-state index in [4.69, 9.17) is 0 Å². The van der Waals surface area contributed by atoms with Crippen molar-refractivity contribution >= 4 is 28.5 Å². The minimum atomic E-state index is -1.16. The fraction of sp³-hybridized carbons (Fsp3) is 0.286. The maximum absolute atomic E-state index is 11.6. The molecule has 0 bridgehead atoms. The van der Waals surface area contributed by atoms with Crippen LogP contribution in [0, 0.1) is 0 Å². The second-order valence-electron chi connectivity index (χ2n) is 4.71. The molecule has 0 aliphatic carbocycles. The number of fused-ring (bicyclic) bond motifs is 1. The van der Waals surface area contributed by atoms with Crippen molar-refractivity contribution in [2.75, 3.05) is 26.0 Å². The number of nitrogens with one attached hydrogen (secondary N) is 1. The van der Waals surface area contributed by atoms with Gasteiger partial charge in [-0.15, -0.1) is 10.2 Å². The lowest BCUT2D eigenvalue weighted by atomic mass is 10.1. The summed E-state index contributed by atoms with van der Waals surface area (Å²) in [5.74, 6) is -1.19.